The third-order valence-electron chi connectivity index (χ3n) is 4.87. The molecule has 0 unspecified atom stereocenters. The molecule has 134 valence electrons. The highest BCUT2D eigenvalue weighted by atomic mass is 16.8. The van der Waals surface area contributed by atoms with E-state index in [1.54, 1.807) is 0 Å². The van der Waals surface area contributed by atoms with Crippen molar-refractivity contribution in [2.24, 2.45) is 11.3 Å². The maximum Gasteiger partial charge on any atom is 0.345 e. The van der Waals surface area contributed by atoms with Crippen LogP contribution in [0.25, 0.3) is 0 Å². The van der Waals surface area contributed by atoms with Gasteiger partial charge in [-0.2, -0.15) is 0 Å². The molecule has 1 fully saturated rings. The maximum absolute atomic E-state index is 13.0. The van der Waals surface area contributed by atoms with Gasteiger partial charge in [0.1, 0.15) is 0 Å². The van der Waals surface area contributed by atoms with Crippen molar-refractivity contribution in [2.75, 3.05) is 0 Å². The largest absolute Gasteiger partial charge is 0.481 e. The SMILES string of the molecule is CC(C)(C)[C@H]1OC(=O)[C@](c2ccccc2)([C@@H]2CC=C(CC(=O)O)C2)O1. The number of ether oxygens (including phenoxy) is 2. The van der Waals surface area contributed by atoms with Crippen molar-refractivity contribution in [2.45, 2.75) is 51.9 Å². The Hall–Kier alpha value is -2.14. The van der Waals surface area contributed by atoms with Crippen molar-refractivity contribution >= 4 is 11.9 Å². The van der Waals surface area contributed by atoms with Crippen LogP contribution >= 0.6 is 0 Å². The molecule has 0 saturated carbocycles. The van der Waals surface area contributed by atoms with E-state index in [9.17, 15) is 9.59 Å². The van der Waals surface area contributed by atoms with Crippen LogP contribution in [0.1, 0.15) is 45.6 Å². The first-order chi connectivity index (χ1) is 11.7. The third kappa shape index (κ3) is 3.21. The van der Waals surface area contributed by atoms with Gasteiger partial charge in [-0.3, -0.25) is 4.79 Å². The molecule has 25 heavy (non-hydrogen) atoms. The number of hydrogen-bond donors (Lipinski definition) is 1. The van der Waals surface area contributed by atoms with Crippen LogP contribution in [0.15, 0.2) is 42.0 Å². The van der Waals surface area contributed by atoms with Gasteiger partial charge in [0, 0.05) is 11.3 Å². The van der Waals surface area contributed by atoms with E-state index in [-0.39, 0.29) is 23.7 Å². The summed E-state index contributed by atoms with van der Waals surface area (Å²) >= 11 is 0. The van der Waals surface area contributed by atoms with Crippen molar-refractivity contribution in [1.82, 2.24) is 0 Å². The summed E-state index contributed by atoms with van der Waals surface area (Å²) in [4.78, 5) is 24.0. The van der Waals surface area contributed by atoms with Crippen LogP contribution in [-0.4, -0.2) is 23.3 Å². The summed E-state index contributed by atoms with van der Waals surface area (Å²) < 4.78 is 11.9. The van der Waals surface area contributed by atoms with Crippen LogP contribution in [0.3, 0.4) is 0 Å². The molecule has 1 aromatic rings. The highest BCUT2D eigenvalue weighted by molar-refractivity contribution is 5.84. The first-order valence-electron chi connectivity index (χ1n) is 8.57. The third-order valence-corrected chi connectivity index (χ3v) is 4.87. The predicted molar refractivity (Wildman–Crippen MR) is 91.6 cm³/mol. The zero-order valence-corrected chi connectivity index (χ0v) is 14.8. The molecule has 3 atom stereocenters. The number of rotatable bonds is 4. The number of cyclic esters (lactones) is 1. The second-order valence-corrected chi connectivity index (χ2v) is 7.89. The molecule has 0 aromatic heterocycles. The normalized spacial score (nSPS) is 29.4. The van der Waals surface area contributed by atoms with Gasteiger partial charge in [0.25, 0.3) is 0 Å². The summed E-state index contributed by atoms with van der Waals surface area (Å²) in [6, 6.07) is 9.39. The number of allylic oxidation sites excluding steroid dienone is 1. The molecule has 1 aliphatic carbocycles. The fourth-order valence-corrected chi connectivity index (χ4v) is 3.59. The van der Waals surface area contributed by atoms with Crippen LogP contribution in [0, 0.1) is 11.3 Å². The van der Waals surface area contributed by atoms with Crippen LogP contribution in [0.5, 0.6) is 0 Å². The second kappa shape index (κ2) is 6.30. The Morgan fingerprint density at radius 3 is 2.52 bits per heavy atom. The number of esters is 1. The molecule has 5 heteroatoms. The van der Waals surface area contributed by atoms with Gasteiger partial charge in [0.05, 0.1) is 6.42 Å². The predicted octanol–water partition coefficient (Wildman–Crippen LogP) is 3.64. The van der Waals surface area contributed by atoms with E-state index in [0.717, 1.165) is 11.1 Å². The lowest BCUT2D eigenvalue weighted by molar-refractivity contribution is -0.161. The lowest BCUT2D eigenvalue weighted by Gasteiger charge is -2.33. The van der Waals surface area contributed by atoms with Crippen LogP contribution < -0.4 is 0 Å². The molecule has 5 nitrogen and oxygen atoms in total. The van der Waals surface area contributed by atoms with Gasteiger partial charge in [0.2, 0.25) is 6.29 Å². The zero-order chi connectivity index (χ0) is 18.2. The van der Waals surface area contributed by atoms with E-state index >= 15 is 0 Å². The standard InChI is InChI=1S/C20H24O5/c1-19(2,3)18-24-17(23)20(25-18,14-7-5-4-6-8-14)15-10-9-13(11-15)12-16(21)22/h4-9,15,18H,10-12H2,1-3H3,(H,21,22)/t15-,18+,20+/m1/s1. The smallest absolute Gasteiger partial charge is 0.345 e. The van der Waals surface area contributed by atoms with E-state index in [1.165, 1.54) is 0 Å². The molecule has 1 saturated heterocycles. The number of aliphatic carboxylic acids is 1. The first kappa shape index (κ1) is 17.7. The molecule has 2 aliphatic rings. The number of hydrogen-bond acceptors (Lipinski definition) is 4. The number of carbonyl (C=O) groups excluding carboxylic acids is 1. The Bertz CT molecular complexity index is 701. The highest BCUT2D eigenvalue weighted by Crippen LogP contribution is 2.50. The van der Waals surface area contributed by atoms with Crippen molar-refractivity contribution in [3.63, 3.8) is 0 Å². The van der Waals surface area contributed by atoms with E-state index in [4.69, 9.17) is 14.6 Å². The molecule has 3 rings (SSSR count). The Morgan fingerprint density at radius 1 is 1.28 bits per heavy atom. The van der Waals surface area contributed by atoms with Gasteiger partial charge in [-0.05, 0) is 18.4 Å². The monoisotopic (exact) mass is 344 g/mol. The Labute approximate surface area is 147 Å². The quantitative estimate of drug-likeness (QED) is 0.667. The molecule has 1 aliphatic heterocycles. The van der Waals surface area contributed by atoms with Gasteiger partial charge < -0.3 is 14.6 Å². The van der Waals surface area contributed by atoms with Gasteiger partial charge >= 0.3 is 11.9 Å². The molecule has 0 bridgehead atoms. The summed E-state index contributed by atoms with van der Waals surface area (Å²) in [6.07, 6.45) is 2.41. The van der Waals surface area contributed by atoms with Crippen LogP contribution in [0.2, 0.25) is 0 Å². The van der Waals surface area contributed by atoms with E-state index in [1.807, 2.05) is 57.2 Å². The van der Waals surface area contributed by atoms with Gasteiger partial charge in [-0.1, -0.05) is 62.8 Å². The van der Waals surface area contributed by atoms with Crippen molar-refractivity contribution < 1.29 is 24.2 Å². The van der Waals surface area contributed by atoms with Crippen molar-refractivity contribution in [3.8, 4) is 0 Å². The van der Waals surface area contributed by atoms with Crippen LogP contribution in [0.4, 0.5) is 0 Å². The molecule has 1 aromatic carbocycles. The Balaban J connectivity index is 1.96. The Morgan fingerprint density at radius 2 is 1.96 bits per heavy atom. The Kier molecular flexibility index (Phi) is 4.45. The first-order valence-corrected chi connectivity index (χ1v) is 8.57. The van der Waals surface area contributed by atoms with Crippen molar-refractivity contribution in [3.05, 3.63) is 47.5 Å². The summed E-state index contributed by atoms with van der Waals surface area (Å²) in [7, 11) is 0. The topological polar surface area (TPSA) is 72.8 Å². The minimum atomic E-state index is -1.18. The minimum absolute atomic E-state index is 0.000876. The fraction of sp³-hybridized carbons (Fsp3) is 0.500. The summed E-state index contributed by atoms with van der Waals surface area (Å²) in [5.41, 5.74) is 0.0723. The van der Waals surface area contributed by atoms with Crippen molar-refractivity contribution in [1.29, 1.82) is 0 Å². The fourth-order valence-electron chi connectivity index (χ4n) is 3.59. The molecular weight excluding hydrogens is 320 g/mol. The van der Waals surface area contributed by atoms with E-state index < -0.39 is 17.9 Å². The lowest BCUT2D eigenvalue weighted by atomic mass is 9.79. The highest BCUT2D eigenvalue weighted by Gasteiger charge is 2.59. The maximum atomic E-state index is 13.0. The molecule has 0 radical (unpaired) electrons. The second-order valence-electron chi connectivity index (χ2n) is 7.89. The average molecular weight is 344 g/mol. The lowest BCUT2D eigenvalue weighted by Crippen LogP contribution is -2.41. The molecule has 1 N–H and O–H groups in total. The van der Waals surface area contributed by atoms with Gasteiger partial charge in [-0.15, -0.1) is 0 Å². The molecular formula is C20H24O5. The summed E-state index contributed by atoms with van der Waals surface area (Å²) in [5, 5.41) is 9.04. The van der Waals surface area contributed by atoms with Crippen LogP contribution in [-0.2, 0) is 24.7 Å². The number of carboxylic acid groups (broad SMARTS) is 1. The van der Waals surface area contributed by atoms with E-state index in [2.05, 4.69) is 0 Å². The number of carbonyl (C=O) groups is 2. The average Bonchev–Trinajstić information content (AvgIpc) is 3.12. The summed E-state index contributed by atoms with van der Waals surface area (Å²) in [5.74, 6) is -1.40. The zero-order valence-electron chi connectivity index (χ0n) is 14.8. The minimum Gasteiger partial charge on any atom is -0.481 e. The summed E-state index contributed by atoms with van der Waals surface area (Å²) in [6.45, 7) is 5.90. The molecule has 0 amide bonds. The number of benzene rings is 1. The van der Waals surface area contributed by atoms with E-state index in [0.29, 0.717) is 12.8 Å². The van der Waals surface area contributed by atoms with Gasteiger partial charge in [0.15, 0.2) is 5.60 Å². The molecule has 0 spiro atoms. The van der Waals surface area contributed by atoms with Gasteiger partial charge in [-0.25, -0.2) is 4.79 Å². The number of carboxylic acids is 1. The molecule has 1 heterocycles.